The largest absolute Gasteiger partial charge is 0.495 e. The molecule has 1 saturated heterocycles. The van der Waals surface area contributed by atoms with E-state index in [2.05, 4.69) is 5.32 Å². The topological polar surface area (TPSA) is 111 Å². The van der Waals surface area contributed by atoms with E-state index in [0.717, 1.165) is 12.1 Å². The van der Waals surface area contributed by atoms with Gasteiger partial charge in [-0.3, -0.25) is 14.4 Å². The van der Waals surface area contributed by atoms with E-state index in [4.69, 9.17) is 15.2 Å². The number of hydrogen-bond donors (Lipinski definition) is 2. The molecule has 1 fully saturated rings. The summed E-state index contributed by atoms with van der Waals surface area (Å²) in [6.45, 7) is 0.486. The van der Waals surface area contributed by atoms with E-state index in [1.165, 1.54) is 19.2 Å². The summed E-state index contributed by atoms with van der Waals surface area (Å²) in [6.07, 6.45) is 1.43. The van der Waals surface area contributed by atoms with E-state index in [9.17, 15) is 14.4 Å². The molecule has 146 valence electrons. The van der Waals surface area contributed by atoms with Crippen LogP contribution in [-0.2, 0) is 9.59 Å². The minimum atomic E-state index is -0.606. The van der Waals surface area contributed by atoms with Gasteiger partial charge >= 0.3 is 0 Å². The van der Waals surface area contributed by atoms with Gasteiger partial charge in [-0.15, -0.1) is 0 Å². The number of rotatable bonds is 7. The van der Waals surface area contributed by atoms with Gasteiger partial charge in [-0.2, -0.15) is 0 Å². The molecule has 0 spiro atoms. The lowest BCUT2D eigenvalue weighted by atomic mass is 10.1. The third-order valence-corrected chi connectivity index (χ3v) is 4.35. The van der Waals surface area contributed by atoms with Crippen LogP contribution in [0.15, 0.2) is 42.5 Å². The molecule has 1 aliphatic heterocycles. The zero-order chi connectivity index (χ0) is 20.1. The number of nitrogens with one attached hydrogen (secondary N) is 1. The number of amides is 3. The first-order valence-corrected chi connectivity index (χ1v) is 8.79. The van der Waals surface area contributed by atoms with Gasteiger partial charge in [-0.25, -0.2) is 0 Å². The summed E-state index contributed by atoms with van der Waals surface area (Å²) in [7, 11) is 1.46. The van der Waals surface area contributed by atoms with E-state index in [-0.39, 0.29) is 18.1 Å². The smallest absolute Gasteiger partial charge is 0.262 e. The minimum Gasteiger partial charge on any atom is -0.495 e. The number of carbonyl (C=O) groups excluding carboxylic acids is 3. The zero-order valence-corrected chi connectivity index (χ0v) is 15.4. The van der Waals surface area contributed by atoms with Gasteiger partial charge in [0.2, 0.25) is 11.8 Å². The highest BCUT2D eigenvalue weighted by molar-refractivity contribution is 5.98. The summed E-state index contributed by atoms with van der Waals surface area (Å²) >= 11 is 0. The summed E-state index contributed by atoms with van der Waals surface area (Å²) in [4.78, 5) is 37.0. The lowest BCUT2D eigenvalue weighted by Gasteiger charge is -2.16. The minimum absolute atomic E-state index is 0.111. The van der Waals surface area contributed by atoms with Crippen LogP contribution in [0.5, 0.6) is 11.5 Å². The van der Waals surface area contributed by atoms with Crippen molar-refractivity contribution in [3.63, 3.8) is 0 Å². The molecule has 1 aliphatic rings. The Bertz CT molecular complexity index is 895. The Labute approximate surface area is 162 Å². The summed E-state index contributed by atoms with van der Waals surface area (Å²) < 4.78 is 10.7. The number of anilines is 2. The maximum atomic E-state index is 12.2. The molecule has 8 heteroatoms. The molecule has 2 aromatic rings. The Kier molecular flexibility index (Phi) is 5.78. The fourth-order valence-corrected chi connectivity index (χ4v) is 2.94. The van der Waals surface area contributed by atoms with Crippen molar-refractivity contribution in [1.29, 1.82) is 0 Å². The molecular weight excluding hydrogens is 362 g/mol. The van der Waals surface area contributed by atoms with E-state index >= 15 is 0 Å². The third kappa shape index (κ3) is 4.40. The normalized spacial score (nSPS) is 13.3. The first-order chi connectivity index (χ1) is 13.5. The predicted molar refractivity (Wildman–Crippen MR) is 104 cm³/mol. The second kappa shape index (κ2) is 8.43. The van der Waals surface area contributed by atoms with Crippen LogP contribution in [-0.4, -0.2) is 38.0 Å². The molecule has 0 unspecified atom stereocenters. The average Bonchev–Trinajstić information content (AvgIpc) is 3.12. The summed E-state index contributed by atoms with van der Waals surface area (Å²) in [5, 5.41) is 2.64. The molecular formula is C20H21N3O5. The number of hydrogen-bond acceptors (Lipinski definition) is 5. The first kappa shape index (κ1) is 19.2. The molecule has 0 aromatic heterocycles. The van der Waals surface area contributed by atoms with Crippen LogP contribution in [0.1, 0.15) is 23.2 Å². The molecule has 3 amide bonds. The van der Waals surface area contributed by atoms with Gasteiger partial charge in [0.1, 0.15) is 11.5 Å². The highest BCUT2D eigenvalue weighted by Crippen LogP contribution is 2.26. The van der Waals surface area contributed by atoms with Crippen LogP contribution >= 0.6 is 0 Å². The number of benzene rings is 2. The highest BCUT2D eigenvalue weighted by Gasteiger charge is 2.21. The summed E-state index contributed by atoms with van der Waals surface area (Å²) in [6, 6.07) is 11.5. The van der Waals surface area contributed by atoms with Crippen molar-refractivity contribution < 1.29 is 23.9 Å². The summed E-state index contributed by atoms with van der Waals surface area (Å²) in [5.74, 6) is -0.00809. The first-order valence-electron chi connectivity index (χ1n) is 8.79. The van der Waals surface area contributed by atoms with Gasteiger partial charge in [-0.05, 0) is 48.9 Å². The van der Waals surface area contributed by atoms with Crippen molar-refractivity contribution in [2.45, 2.75) is 12.8 Å². The molecule has 0 radical (unpaired) electrons. The Morgan fingerprint density at radius 3 is 2.54 bits per heavy atom. The highest BCUT2D eigenvalue weighted by atomic mass is 16.5. The van der Waals surface area contributed by atoms with E-state index < -0.39 is 11.8 Å². The molecule has 0 saturated carbocycles. The number of methoxy groups -OCH3 is 1. The molecule has 28 heavy (non-hydrogen) atoms. The van der Waals surface area contributed by atoms with E-state index in [1.807, 2.05) is 0 Å². The standard InChI is InChI=1S/C20H21N3O5/c1-27-17-9-4-13(20(21)26)11-16(17)22-18(24)12-28-15-7-5-14(6-8-15)23-10-2-3-19(23)25/h4-9,11H,2-3,10,12H2,1H3,(H2,21,26)(H,22,24). The molecule has 1 heterocycles. The van der Waals surface area contributed by atoms with Crippen LogP contribution in [0.4, 0.5) is 11.4 Å². The molecule has 3 rings (SSSR count). The maximum absolute atomic E-state index is 12.2. The monoisotopic (exact) mass is 383 g/mol. The van der Waals surface area contributed by atoms with Gasteiger partial charge in [0, 0.05) is 24.2 Å². The fraction of sp³-hybridized carbons (Fsp3) is 0.250. The molecule has 8 nitrogen and oxygen atoms in total. The van der Waals surface area contributed by atoms with Gasteiger partial charge < -0.3 is 25.4 Å². The van der Waals surface area contributed by atoms with Crippen LogP contribution < -0.4 is 25.4 Å². The molecule has 3 N–H and O–H groups in total. The Morgan fingerprint density at radius 1 is 1.18 bits per heavy atom. The maximum Gasteiger partial charge on any atom is 0.262 e. The number of primary amides is 1. The van der Waals surface area contributed by atoms with E-state index in [1.54, 1.807) is 35.2 Å². The third-order valence-electron chi connectivity index (χ3n) is 4.35. The molecule has 2 aromatic carbocycles. The number of ether oxygens (including phenoxy) is 2. The van der Waals surface area contributed by atoms with Gasteiger partial charge in [0.25, 0.3) is 5.91 Å². The second-order valence-electron chi connectivity index (χ2n) is 6.26. The Morgan fingerprint density at radius 2 is 1.93 bits per heavy atom. The summed E-state index contributed by atoms with van der Waals surface area (Å²) in [5.41, 5.74) is 6.66. The van der Waals surface area contributed by atoms with Crippen molar-refractivity contribution in [3.8, 4) is 11.5 Å². The average molecular weight is 383 g/mol. The quantitative estimate of drug-likeness (QED) is 0.759. The number of nitrogens with two attached hydrogens (primary N) is 1. The van der Waals surface area contributed by atoms with Gasteiger partial charge in [0.05, 0.1) is 12.8 Å². The number of carbonyl (C=O) groups is 3. The van der Waals surface area contributed by atoms with Crippen LogP contribution in [0.3, 0.4) is 0 Å². The van der Waals surface area contributed by atoms with Crippen molar-refractivity contribution in [2.75, 3.05) is 30.5 Å². The van der Waals surface area contributed by atoms with Gasteiger partial charge in [-0.1, -0.05) is 0 Å². The van der Waals surface area contributed by atoms with Crippen LogP contribution in [0.25, 0.3) is 0 Å². The predicted octanol–water partition coefficient (Wildman–Crippen LogP) is 1.94. The van der Waals surface area contributed by atoms with Gasteiger partial charge in [0.15, 0.2) is 6.61 Å². The zero-order valence-electron chi connectivity index (χ0n) is 15.4. The molecule has 0 atom stereocenters. The van der Waals surface area contributed by atoms with Crippen molar-refractivity contribution in [3.05, 3.63) is 48.0 Å². The lowest BCUT2D eigenvalue weighted by Crippen LogP contribution is -2.23. The second-order valence-corrected chi connectivity index (χ2v) is 6.26. The van der Waals surface area contributed by atoms with Crippen molar-refractivity contribution >= 4 is 29.1 Å². The van der Waals surface area contributed by atoms with Crippen LogP contribution in [0.2, 0.25) is 0 Å². The van der Waals surface area contributed by atoms with Crippen molar-refractivity contribution in [2.24, 2.45) is 5.73 Å². The van der Waals surface area contributed by atoms with E-state index in [0.29, 0.717) is 30.2 Å². The molecule has 0 bridgehead atoms. The molecule has 0 aliphatic carbocycles. The lowest BCUT2D eigenvalue weighted by molar-refractivity contribution is -0.118. The van der Waals surface area contributed by atoms with Crippen LogP contribution in [0, 0.1) is 0 Å². The number of nitrogens with zero attached hydrogens (tertiary/aromatic N) is 1. The fourth-order valence-electron chi connectivity index (χ4n) is 2.94. The Balaban J connectivity index is 1.59. The Hall–Kier alpha value is -3.55. The SMILES string of the molecule is COc1ccc(C(N)=O)cc1NC(=O)COc1ccc(N2CCCC2=O)cc1. The van der Waals surface area contributed by atoms with Crippen molar-refractivity contribution in [1.82, 2.24) is 0 Å².